The Balaban J connectivity index is 1.44. The summed E-state index contributed by atoms with van der Waals surface area (Å²) in [6, 6.07) is 7.29. The largest absolute Gasteiger partial charge is 0.467 e. The number of nitrogens with zero attached hydrogens (tertiary/aromatic N) is 4. The number of hydrogen-bond acceptors (Lipinski definition) is 9. The minimum Gasteiger partial charge on any atom is -0.467 e. The second kappa shape index (κ2) is 8.11. The highest BCUT2D eigenvalue weighted by atomic mass is 32.2. The van der Waals surface area contributed by atoms with Crippen LogP contribution in [0.3, 0.4) is 0 Å². The van der Waals surface area contributed by atoms with Gasteiger partial charge in [-0.05, 0) is 55.2 Å². The molecule has 0 unspecified atom stereocenters. The number of nitrogens with two attached hydrogens (primary N) is 1. The molecule has 1 aliphatic carbocycles. The van der Waals surface area contributed by atoms with Gasteiger partial charge in [-0.2, -0.15) is 5.10 Å². The second-order valence-corrected chi connectivity index (χ2v) is 9.29. The highest BCUT2D eigenvalue weighted by Crippen LogP contribution is 2.44. The fourth-order valence-corrected chi connectivity index (χ4v) is 5.45. The molecule has 1 amide bonds. The number of fused-ring (bicyclic) bond motifs is 1. The molecule has 0 spiro atoms. The van der Waals surface area contributed by atoms with Gasteiger partial charge < -0.3 is 14.6 Å². The third-order valence-corrected chi connectivity index (χ3v) is 7.06. The predicted octanol–water partition coefficient (Wildman–Crippen LogP) is 4.22. The van der Waals surface area contributed by atoms with Crippen LogP contribution >= 0.6 is 23.1 Å². The molecule has 10 heteroatoms. The molecule has 3 aromatic rings. The summed E-state index contributed by atoms with van der Waals surface area (Å²) in [6.07, 6.45) is 8.19. The van der Waals surface area contributed by atoms with Gasteiger partial charge in [0.1, 0.15) is 17.6 Å². The highest BCUT2D eigenvalue weighted by molar-refractivity contribution is 8.01. The second-order valence-electron chi connectivity index (χ2n) is 7.06. The number of carbonyl (C=O) groups excluding carboxylic acids is 1. The molecule has 5 rings (SSSR count). The number of nitrogen functional groups attached to an aromatic ring is 1. The summed E-state index contributed by atoms with van der Waals surface area (Å²) in [5.74, 6) is 1.73. The van der Waals surface area contributed by atoms with Gasteiger partial charge in [-0.25, -0.2) is 5.01 Å². The molecule has 2 N–H and O–H groups in total. The van der Waals surface area contributed by atoms with Crippen LogP contribution in [0, 0.1) is 5.92 Å². The molecule has 3 aromatic heterocycles. The Morgan fingerprint density at radius 3 is 2.90 bits per heavy atom. The van der Waals surface area contributed by atoms with Gasteiger partial charge in [0.25, 0.3) is 5.91 Å². The summed E-state index contributed by atoms with van der Waals surface area (Å²) < 4.78 is 11.9. The van der Waals surface area contributed by atoms with Gasteiger partial charge in [0.2, 0.25) is 5.13 Å². The molecule has 30 heavy (non-hydrogen) atoms. The zero-order valence-corrected chi connectivity index (χ0v) is 17.6. The number of allylic oxidation sites excluding steroid dienone is 1. The van der Waals surface area contributed by atoms with E-state index in [1.807, 2.05) is 30.3 Å². The van der Waals surface area contributed by atoms with Crippen LogP contribution in [-0.2, 0) is 4.79 Å². The molecule has 1 aliphatic heterocycles. The van der Waals surface area contributed by atoms with E-state index >= 15 is 0 Å². The Hall–Kier alpha value is -2.85. The summed E-state index contributed by atoms with van der Waals surface area (Å²) in [7, 11) is 0. The standard InChI is InChI=1S/C20H19N5O3S2/c21-19-22-23-20(30-19)29-11-16(26)25-18(15-7-3-9-28-15)14-6-1-4-12(17(14)24-25)10-13-5-2-8-27-13/h2-3,5,7-10,14,18H,1,4,6,11H2,(H2,21,22)/b12-10+/t14-,18+/m0/s1. The average molecular weight is 442 g/mol. The fourth-order valence-electron chi connectivity index (χ4n) is 3.96. The van der Waals surface area contributed by atoms with E-state index in [2.05, 4.69) is 10.2 Å². The maximum absolute atomic E-state index is 13.1. The van der Waals surface area contributed by atoms with Crippen LogP contribution in [0.15, 0.2) is 60.6 Å². The van der Waals surface area contributed by atoms with Gasteiger partial charge in [-0.1, -0.05) is 23.1 Å². The first-order chi connectivity index (χ1) is 14.7. The maximum Gasteiger partial charge on any atom is 0.253 e. The van der Waals surface area contributed by atoms with Crippen LogP contribution in [-0.4, -0.2) is 32.6 Å². The van der Waals surface area contributed by atoms with Gasteiger partial charge >= 0.3 is 0 Å². The Bertz CT molecular complexity index is 1090. The van der Waals surface area contributed by atoms with E-state index in [9.17, 15) is 4.79 Å². The van der Waals surface area contributed by atoms with Gasteiger partial charge in [-0.3, -0.25) is 4.79 Å². The molecule has 8 nitrogen and oxygen atoms in total. The molecule has 0 radical (unpaired) electrons. The molecule has 2 aliphatic rings. The molecular formula is C20H19N5O3S2. The lowest BCUT2D eigenvalue weighted by Gasteiger charge is -2.27. The molecule has 0 bridgehead atoms. The van der Waals surface area contributed by atoms with Crippen molar-refractivity contribution in [2.24, 2.45) is 11.0 Å². The Morgan fingerprint density at radius 1 is 1.30 bits per heavy atom. The van der Waals surface area contributed by atoms with Crippen molar-refractivity contribution in [3.8, 4) is 0 Å². The smallest absolute Gasteiger partial charge is 0.253 e. The normalized spacial score (nSPS) is 22.3. The van der Waals surface area contributed by atoms with Gasteiger partial charge in [0.15, 0.2) is 4.34 Å². The Kier molecular flexibility index (Phi) is 5.17. The van der Waals surface area contributed by atoms with E-state index in [1.165, 1.54) is 23.1 Å². The van der Waals surface area contributed by atoms with Crippen molar-refractivity contribution >= 4 is 45.9 Å². The van der Waals surface area contributed by atoms with Crippen LogP contribution in [0.4, 0.5) is 5.13 Å². The summed E-state index contributed by atoms with van der Waals surface area (Å²) >= 11 is 2.58. The van der Waals surface area contributed by atoms with E-state index in [0.717, 1.165) is 42.1 Å². The lowest BCUT2D eigenvalue weighted by Crippen LogP contribution is -2.32. The van der Waals surface area contributed by atoms with Crippen molar-refractivity contribution in [2.45, 2.75) is 29.6 Å². The zero-order chi connectivity index (χ0) is 20.5. The van der Waals surface area contributed by atoms with E-state index < -0.39 is 0 Å². The van der Waals surface area contributed by atoms with Crippen molar-refractivity contribution in [2.75, 3.05) is 11.5 Å². The number of rotatable bonds is 5. The summed E-state index contributed by atoms with van der Waals surface area (Å²) in [5.41, 5.74) is 7.68. The van der Waals surface area contributed by atoms with E-state index in [0.29, 0.717) is 9.47 Å². The highest BCUT2D eigenvalue weighted by Gasteiger charge is 2.45. The van der Waals surface area contributed by atoms with Crippen molar-refractivity contribution in [1.82, 2.24) is 15.2 Å². The monoisotopic (exact) mass is 441 g/mol. The van der Waals surface area contributed by atoms with E-state index in [-0.39, 0.29) is 23.6 Å². The molecule has 1 saturated carbocycles. The van der Waals surface area contributed by atoms with Crippen molar-refractivity contribution in [3.63, 3.8) is 0 Å². The lowest BCUT2D eigenvalue weighted by molar-refractivity contribution is -0.131. The van der Waals surface area contributed by atoms with Gasteiger partial charge in [-0.15, -0.1) is 10.2 Å². The minimum absolute atomic E-state index is 0.0947. The van der Waals surface area contributed by atoms with Crippen LogP contribution < -0.4 is 5.73 Å². The molecule has 154 valence electrons. The number of amides is 1. The first kappa shape index (κ1) is 19.1. The third kappa shape index (κ3) is 3.68. The Morgan fingerprint density at radius 2 is 2.17 bits per heavy atom. The SMILES string of the molecule is Nc1nnc(SCC(=O)N2N=C3/C(=C/c4ccco4)CCC[C@@H]3[C@@H]2c2ccco2)s1. The molecule has 2 atom stereocenters. The number of hydrazone groups is 1. The van der Waals surface area contributed by atoms with E-state index in [4.69, 9.17) is 19.7 Å². The summed E-state index contributed by atoms with van der Waals surface area (Å²) in [6.45, 7) is 0. The van der Waals surface area contributed by atoms with Crippen LogP contribution in [0.5, 0.6) is 0 Å². The number of carbonyl (C=O) groups is 1. The minimum atomic E-state index is -0.247. The maximum atomic E-state index is 13.1. The van der Waals surface area contributed by atoms with Crippen molar-refractivity contribution in [3.05, 3.63) is 53.9 Å². The topological polar surface area (TPSA) is 111 Å². The molecule has 0 saturated heterocycles. The van der Waals surface area contributed by atoms with Crippen LogP contribution in [0.25, 0.3) is 6.08 Å². The van der Waals surface area contributed by atoms with Gasteiger partial charge in [0, 0.05) is 5.92 Å². The lowest BCUT2D eigenvalue weighted by atomic mass is 9.79. The molecule has 1 fully saturated rings. The van der Waals surface area contributed by atoms with E-state index in [1.54, 1.807) is 17.5 Å². The first-order valence-corrected chi connectivity index (χ1v) is 11.4. The number of hydrogen-bond donors (Lipinski definition) is 1. The first-order valence-electron chi connectivity index (χ1n) is 9.59. The average Bonchev–Trinajstić information content (AvgIpc) is 3.52. The summed E-state index contributed by atoms with van der Waals surface area (Å²) in [4.78, 5) is 13.1. The molecule has 0 aromatic carbocycles. The number of thioether (sulfide) groups is 1. The zero-order valence-electron chi connectivity index (χ0n) is 15.9. The van der Waals surface area contributed by atoms with Crippen molar-refractivity contribution < 1.29 is 13.6 Å². The predicted molar refractivity (Wildman–Crippen MR) is 115 cm³/mol. The molecular weight excluding hydrogens is 422 g/mol. The third-order valence-electron chi connectivity index (χ3n) is 5.19. The van der Waals surface area contributed by atoms with Crippen LogP contribution in [0.2, 0.25) is 0 Å². The fraction of sp³-hybridized carbons (Fsp3) is 0.300. The van der Waals surface area contributed by atoms with Gasteiger partial charge in [0.05, 0.1) is 24.0 Å². The molecule has 4 heterocycles. The summed E-state index contributed by atoms with van der Waals surface area (Å²) in [5, 5.41) is 14.5. The van der Waals surface area contributed by atoms with Crippen LogP contribution in [0.1, 0.15) is 36.8 Å². The quantitative estimate of drug-likeness (QED) is 0.590. The van der Waals surface area contributed by atoms with Crippen molar-refractivity contribution in [1.29, 1.82) is 0 Å². The Labute approximate surface area is 180 Å². The number of aromatic nitrogens is 2. The number of anilines is 1. The number of furan rings is 2.